The molecular weight excluding hydrogens is 328 g/mol. The Morgan fingerprint density at radius 1 is 1.08 bits per heavy atom. The zero-order valence-electron chi connectivity index (χ0n) is 13.0. The standard InChI is InChI=1S/C17H16N2O4S/c1-12(20)18-14-6-4-5-13(11-14)17(21)19-9-10-24(22,23)16-8-3-2-7-15(16)19/h2-8,11H,9-10H2,1H3,(H,18,20). The number of rotatable bonds is 2. The van der Waals surface area contributed by atoms with E-state index in [1.807, 2.05) is 0 Å². The highest BCUT2D eigenvalue weighted by atomic mass is 32.2. The van der Waals surface area contributed by atoms with Gasteiger partial charge in [-0.15, -0.1) is 0 Å². The molecule has 3 rings (SSSR count). The van der Waals surface area contributed by atoms with Gasteiger partial charge in [-0.2, -0.15) is 0 Å². The van der Waals surface area contributed by atoms with Crippen LogP contribution in [0.4, 0.5) is 11.4 Å². The van der Waals surface area contributed by atoms with E-state index in [0.29, 0.717) is 16.9 Å². The van der Waals surface area contributed by atoms with Crippen LogP contribution in [-0.4, -0.2) is 32.5 Å². The Morgan fingerprint density at radius 2 is 1.83 bits per heavy atom. The Balaban J connectivity index is 1.98. The van der Waals surface area contributed by atoms with Gasteiger partial charge in [0, 0.05) is 24.7 Å². The van der Waals surface area contributed by atoms with Crippen molar-refractivity contribution in [1.82, 2.24) is 0 Å². The molecule has 0 saturated heterocycles. The van der Waals surface area contributed by atoms with Gasteiger partial charge in [-0.3, -0.25) is 9.59 Å². The molecule has 124 valence electrons. The van der Waals surface area contributed by atoms with Crippen molar-refractivity contribution < 1.29 is 18.0 Å². The molecule has 1 heterocycles. The number of hydrogen-bond donors (Lipinski definition) is 1. The zero-order valence-corrected chi connectivity index (χ0v) is 13.8. The van der Waals surface area contributed by atoms with E-state index in [-0.39, 0.29) is 29.0 Å². The number of nitrogens with zero attached hydrogens (tertiary/aromatic N) is 1. The minimum absolute atomic E-state index is 0.0997. The fourth-order valence-corrected chi connectivity index (χ4v) is 4.11. The second-order valence-electron chi connectivity index (χ2n) is 5.51. The van der Waals surface area contributed by atoms with E-state index in [2.05, 4.69) is 5.32 Å². The molecule has 7 heteroatoms. The lowest BCUT2D eigenvalue weighted by molar-refractivity contribution is -0.114. The van der Waals surface area contributed by atoms with E-state index in [0.717, 1.165) is 0 Å². The Bertz CT molecular complexity index is 922. The van der Waals surface area contributed by atoms with Gasteiger partial charge in [0.2, 0.25) is 5.91 Å². The smallest absolute Gasteiger partial charge is 0.258 e. The summed E-state index contributed by atoms with van der Waals surface area (Å²) in [6.45, 7) is 1.49. The summed E-state index contributed by atoms with van der Waals surface area (Å²) < 4.78 is 24.3. The van der Waals surface area contributed by atoms with Crippen LogP contribution in [0.25, 0.3) is 0 Å². The van der Waals surface area contributed by atoms with Crippen molar-refractivity contribution in [2.75, 3.05) is 22.5 Å². The average Bonchev–Trinajstić information content (AvgIpc) is 2.54. The first-order valence-corrected chi connectivity index (χ1v) is 9.05. The Labute approximate surface area is 140 Å². The molecule has 0 atom stereocenters. The van der Waals surface area contributed by atoms with Gasteiger partial charge in [-0.1, -0.05) is 18.2 Å². The molecule has 0 bridgehead atoms. The SMILES string of the molecule is CC(=O)Nc1cccc(C(=O)N2CCS(=O)(=O)c3ccccc32)c1. The zero-order chi connectivity index (χ0) is 17.3. The molecule has 2 aromatic rings. The van der Waals surface area contributed by atoms with Crippen LogP contribution in [0.15, 0.2) is 53.4 Å². The number of carbonyl (C=O) groups excluding carboxylic acids is 2. The number of carbonyl (C=O) groups is 2. The normalized spacial score (nSPS) is 15.5. The maximum Gasteiger partial charge on any atom is 0.258 e. The van der Waals surface area contributed by atoms with Gasteiger partial charge in [0.15, 0.2) is 9.84 Å². The molecule has 24 heavy (non-hydrogen) atoms. The lowest BCUT2D eigenvalue weighted by Gasteiger charge is -2.29. The maximum atomic E-state index is 12.8. The molecule has 0 aliphatic carbocycles. The van der Waals surface area contributed by atoms with Crippen molar-refractivity contribution >= 4 is 33.0 Å². The van der Waals surface area contributed by atoms with Gasteiger partial charge in [-0.25, -0.2) is 8.42 Å². The summed E-state index contributed by atoms with van der Waals surface area (Å²) in [6, 6.07) is 13.1. The molecular formula is C17H16N2O4S. The van der Waals surface area contributed by atoms with Crippen molar-refractivity contribution in [1.29, 1.82) is 0 Å². The van der Waals surface area contributed by atoms with Crippen LogP contribution < -0.4 is 10.2 Å². The summed E-state index contributed by atoms with van der Waals surface area (Å²) in [7, 11) is -3.37. The number of sulfone groups is 1. The largest absolute Gasteiger partial charge is 0.326 e. The summed E-state index contributed by atoms with van der Waals surface area (Å²) in [5, 5.41) is 2.63. The van der Waals surface area contributed by atoms with Crippen LogP contribution in [0.1, 0.15) is 17.3 Å². The molecule has 2 amide bonds. The third kappa shape index (κ3) is 3.03. The van der Waals surface area contributed by atoms with Crippen LogP contribution in [0.5, 0.6) is 0 Å². The molecule has 0 saturated carbocycles. The summed E-state index contributed by atoms with van der Waals surface area (Å²) in [5.74, 6) is -0.639. The highest BCUT2D eigenvalue weighted by molar-refractivity contribution is 7.91. The van der Waals surface area contributed by atoms with Gasteiger partial charge >= 0.3 is 0 Å². The number of nitrogens with one attached hydrogen (secondary N) is 1. The Hall–Kier alpha value is -2.67. The average molecular weight is 344 g/mol. The predicted octanol–water partition coefficient (Wildman–Crippen LogP) is 2.08. The first-order valence-electron chi connectivity index (χ1n) is 7.40. The maximum absolute atomic E-state index is 12.8. The number of amides is 2. The molecule has 0 radical (unpaired) electrons. The molecule has 1 aliphatic heterocycles. The lowest BCUT2D eigenvalue weighted by Crippen LogP contribution is -2.39. The molecule has 0 unspecified atom stereocenters. The van der Waals surface area contributed by atoms with Crippen LogP contribution in [0.2, 0.25) is 0 Å². The van der Waals surface area contributed by atoms with Crippen molar-refractivity contribution in [3.63, 3.8) is 0 Å². The number of para-hydroxylation sites is 1. The van der Waals surface area contributed by atoms with E-state index in [1.165, 1.54) is 17.9 Å². The van der Waals surface area contributed by atoms with Gasteiger partial charge in [0.05, 0.1) is 16.3 Å². The minimum atomic E-state index is -3.37. The number of fused-ring (bicyclic) bond motifs is 1. The number of anilines is 2. The van der Waals surface area contributed by atoms with Gasteiger partial charge < -0.3 is 10.2 Å². The van der Waals surface area contributed by atoms with E-state index in [1.54, 1.807) is 42.5 Å². The highest BCUT2D eigenvalue weighted by Gasteiger charge is 2.31. The van der Waals surface area contributed by atoms with E-state index in [4.69, 9.17) is 0 Å². The Kier molecular flexibility index (Phi) is 4.11. The summed E-state index contributed by atoms with van der Waals surface area (Å²) in [6.07, 6.45) is 0. The molecule has 1 N–H and O–H groups in total. The van der Waals surface area contributed by atoms with Crippen LogP contribution in [0.3, 0.4) is 0 Å². The summed E-state index contributed by atoms with van der Waals surface area (Å²) in [4.78, 5) is 25.6. The molecule has 0 fully saturated rings. The predicted molar refractivity (Wildman–Crippen MR) is 90.9 cm³/mol. The van der Waals surface area contributed by atoms with E-state index >= 15 is 0 Å². The van der Waals surface area contributed by atoms with Crippen molar-refractivity contribution in [2.24, 2.45) is 0 Å². The lowest BCUT2D eigenvalue weighted by atomic mass is 10.1. The fourth-order valence-electron chi connectivity index (χ4n) is 2.69. The van der Waals surface area contributed by atoms with E-state index < -0.39 is 9.84 Å². The van der Waals surface area contributed by atoms with Crippen LogP contribution in [0, 0.1) is 0 Å². The van der Waals surface area contributed by atoms with E-state index in [9.17, 15) is 18.0 Å². The first-order chi connectivity index (χ1) is 11.4. The third-order valence-electron chi connectivity index (χ3n) is 3.75. The molecule has 2 aromatic carbocycles. The van der Waals surface area contributed by atoms with Crippen LogP contribution >= 0.6 is 0 Å². The summed E-state index contributed by atoms with van der Waals surface area (Å²) in [5.41, 5.74) is 1.29. The highest BCUT2D eigenvalue weighted by Crippen LogP contribution is 2.31. The second-order valence-corrected chi connectivity index (χ2v) is 7.58. The van der Waals surface area contributed by atoms with Gasteiger partial charge in [-0.05, 0) is 30.3 Å². The number of benzene rings is 2. The molecule has 0 aromatic heterocycles. The fraction of sp³-hybridized carbons (Fsp3) is 0.176. The molecule has 0 spiro atoms. The van der Waals surface area contributed by atoms with Gasteiger partial charge in [0.1, 0.15) is 0 Å². The monoisotopic (exact) mass is 344 g/mol. The molecule has 6 nitrogen and oxygen atoms in total. The van der Waals surface area contributed by atoms with Crippen molar-refractivity contribution in [3.8, 4) is 0 Å². The number of hydrogen-bond acceptors (Lipinski definition) is 4. The first kappa shape index (κ1) is 16.2. The minimum Gasteiger partial charge on any atom is -0.326 e. The quantitative estimate of drug-likeness (QED) is 0.904. The second kappa shape index (κ2) is 6.09. The summed E-state index contributed by atoms with van der Waals surface area (Å²) >= 11 is 0. The third-order valence-corrected chi connectivity index (χ3v) is 5.49. The Morgan fingerprint density at radius 3 is 2.58 bits per heavy atom. The topological polar surface area (TPSA) is 83.6 Å². The van der Waals surface area contributed by atoms with Crippen molar-refractivity contribution in [3.05, 3.63) is 54.1 Å². The van der Waals surface area contributed by atoms with Crippen molar-refractivity contribution in [2.45, 2.75) is 11.8 Å². The van der Waals surface area contributed by atoms with Crippen LogP contribution in [-0.2, 0) is 14.6 Å². The van der Waals surface area contributed by atoms with Gasteiger partial charge in [0.25, 0.3) is 5.91 Å². The molecule has 1 aliphatic rings.